The van der Waals surface area contributed by atoms with Gasteiger partial charge in [0.15, 0.2) is 5.75 Å². The molecule has 0 aliphatic carbocycles. The van der Waals surface area contributed by atoms with E-state index < -0.39 is 5.43 Å². The molecule has 1 N–H and O–H groups in total. The zero-order valence-electron chi connectivity index (χ0n) is 5.65. The standard InChI is InChI=1S/C8H6O3/c9-5-6-2-1-3-7(10)8(11)4-6/h1-5H,(H,10,11). The van der Waals surface area contributed by atoms with Gasteiger partial charge < -0.3 is 5.11 Å². The highest BCUT2D eigenvalue weighted by molar-refractivity contribution is 5.74. The molecular weight excluding hydrogens is 144 g/mol. The summed E-state index contributed by atoms with van der Waals surface area (Å²) in [5.74, 6) is -0.349. The maximum atomic E-state index is 10.8. The molecule has 0 amide bonds. The molecule has 0 atom stereocenters. The van der Waals surface area contributed by atoms with Crippen molar-refractivity contribution in [2.75, 3.05) is 0 Å². The van der Waals surface area contributed by atoms with Gasteiger partial charge >= 0.3 is 0 Å². The summed E-state index contributed by atoms with van der Waals surface area (Å²) in [6.45, 7) is 0. The van der Waals surface area contributed by atoms with E-state index in [1.807, 2.05) is 0 Å². The van der Waals surface area contributed by atoms with Crippen LogP contribution in [0.5, 0.6) is 5.75 Å². The fourth-order valence-electron chi connectivity index (χ4n) is 0.679. The fourth-order valence-corrected chi connectivity index (χ4v) is 0.679. The molecule has 0 bridgehead atoms. The molecule has 0 fully saturated rings. The van der Waals surface area contributed by atoms with E-state index in [0.29, 0.717) is 6.29 Å². The summed E-state index contributed by atoms with van der Waals surface area (Å²) in [7, 11) is 0. The first-order valence-electron chi connectivity index (χ1n) is 3.02. The van der Waals surface area contributed by atoms with Gasteiger partial charge in [-0.2, -0.15) is 0 Å². The lowest BCUT2D eigenvalue weighted by Gasteiger charge is -1.76. The van der Waals surface area contributed by atoms with E-state index >= 15 is 0 Å². The molecule has 1 aromatic carbocycles. The molecule has 56 valence electrons. The SMILES string of the molecule is O=Cc1cccc(O)c(=O)c1. The van der Waals surface area contributed by atoms with E-state index in [9.17, 15) is 9.59 Å². The summed E-state index contributed by atoms with van der Waals surface area (Å²) in [5, 5.41) is 8.87. The molecule has 1 aromatic rings. The van der Waals surface area contributed by atoms with Gasteiger partial charge in [0, 0.05) is 5.56 Å². The molecule has 0 aliphatic rings. The van der Waals surface area contributed by atoms with E-state index in [1.165, 1.54) is 18.2 Å². The predicted octanol–water partition coefficient (Wildman–Crippen LogP) is 0.565. The molecule has 11 heavy (non-hydrogen) atoms. The summed E-state index contributed by atoms with van der Waals surface area (Å²) >= 11 is 0. The largest absolute Gasteiger partial charge is 0.504 e. The van der Waals surface area contributed by atoms with Gasteiger partial charge in [-0.1, -0.05) is 12.1 Å². The number of hydrogen-bond donors (Lipinski definition) is 1. The van der Waals surface area contributed by atoms with Crippen LogP contribution in [0.4, 0.5) is 0 Å². The Bertz CT molecular complexity index is 330. The van der Waals surface area contributed by atoms with Crippen LogP contribution in [0, 0.1) is 0 Å². The van der Waals surface area contributed by atoms with Crippen molar-refractivity contribution in [1.82, 2.24) is 0 Å². The summed E-state index contributed by atoms with van der Waals surface area (Å²) in [6.07, 6.45) is 0.556. The lowest BCUT2D eigenvalue weighted by molar-refractivity contribution is 0.112. The van der Waals surface area contributed by atoms with Crippen molar-refractivity contribution < 1.29 is 9.90 Å². The highest BCUT2D eigenvalue weighted by atomic mass is 16.3. The number of rotatable bonds is 1. The minimum Gasteiger partial charge on any atom is -0.504 e. The van der Waals surface area contributed by atoms with E-state index in [2.05, 4.69) is 0 Å². The Morgan fingerprint density at radius 1 is 1.36 bits per heavy atom. The highest BCUT2D eigenvalue weighted by Gasteiger charge is 1.93. The van der Waals surface area contributed by atoms with Gasteiger partial charge in [-0.15, -0.1) is 0 Å². The predicted molar refractivity (Wildman–Crippen MR) is 39.8 cm³/mol. The highest BCUT2D eigenvalue weighted by Crippen LogP contribution is 1.98. The van der Waals surface area contributed by atoms with Crippen LogP contribution in [0.3, 0.4) is 0 Å². The molecule has 3 heteroatoms. The van der Waals surface area contributed by atoms with E-state index in [0.717, 1.165) is 6.07 Å². The third-order valence-corrected chi connectivity index (χ3v) is 1.23. The molecule has 0 heterocycles. The van der Waals surface area contributed by atoms with Crippen molar-refractivity contribution in [1.29, 1.82) is 0 Å². The van der Waals surface area contributed by atoms with Gasteiger partial charge in [-0.3, -0.25) is 9.59 Å². The second kappa shape index (κ2) is 2.96. The monoisotopic (exact) mass is 150 g/mol. The molecule has 0 radical (unpaired) electrons. The number of hydrogen-bond acceptors (Lipinski definition) is 3. The Hall–Kier alpha value is -1.64. The topological polar surface area (TPSA) is 54.4 Å². The molecule has 0 saturated carbocycles. The quantitative estimate of drug-likeness (QED) is 0.595. The minimum atomic E-state index is -0.544. The molecule has 0 saturated heterocycles. The first kappa shape index (κ1) is 7.47. The molecule has 1 rings (SSSR count). The van der Waals surface area contributed by atoms with Crippen molar-refractivity contribution in [3.8, 4) is 5.75 Å². The van der Waals surface area contributed by atoms with E-state index in [-0.39, 0.29) is 11.3 Å². The summed E-state index contributed by atoms with van der Waals surface area (Å²) in [4.78, 5) is 21.0. The third-order valence-electron chi connectivity index (χ3n) is 1.23. The van der Waals surface area contributed by atoms with Crippen molar-refractivity contribution in [2.45, 2.75) is 0 Å². The van der Waals surface area contributed by atoms with Crippen molar-refractivity contribution in [3.05, 3.63) is 40.1 Å². The van der Waals surface area contributed by atoms with Crippen LogP contribution in [0.2, 0.25) is 0 Å². The Kier molecular flexibility index (Phi) is 2.01. The van der Waals surface area contributed by atoms with Crippen LogP contribution in [-0.4, -0.2) is 11.4 Å². The van der Waals surface area contributed by atoms with Crippen molar-refractivity contribution in [2.24, 2.45) is 0 Å². The number of carbonyl (C=O) groups is 1. The molecule has 0 spiro atoms. The second-order valence-corrected chi connectivity index (χ2v) is 2.04. The van der Waals surface area contributed by atoms with Crippen LogP contribution in [-0.2, 0) is 0 Å². The third kappa shape index (κ3) is 1.64. The van der Waals surface area contributed by atoms with Crippen LogP contribution >= 0.6 is 0 Å². The zero-order chi connectivity index (χ0) is 8.27. The van der Waals surface area contributed by atoms with E-state index in [4.69, 9.17) is 5.11 Å². The van der Waals surface area contributed by atoms with Gasteiger partial charge in [-0.05, 0) is 12.1 Å². The first-order valence-corrected chi connectivity index (χ1v) is 3.02. The lowest BCUT2D eigenvalue weighted by Crippen LogP contribution is -1.94. The summed E-state index contributed by atoms with van der Waals surface area (Å²) in [5.41, 5.74) is -0.285. The molecular formula is C8H6O3. The molecule has 3 nitrogen and oxygen atoms in total. The van der Waals surface area contributed by atoms with Gasteiger partial charge in [0.25, 0.3) is 0 Å². The molecule has 0 aromatic heterocycles. The Morgan fingerprint density at radius 3 is 2.73 bits per heavy atom. The summed E-state index contributed by atoms with van der Waals surface area (Å²) in [6, 6.07) is 5.23. The Labute approximate surface area is 62.9 Å². The average molecular weight is 150 g/mol. The van der Waals surface area contributed by atoms with Gasteiger partial charge in [0.05, 0.1) is 0 Å². The summed E-state index contributed by atoms with van der Waals surface area (Å²) < 4.78 is 0. The minimum absolute atomic E-state index is 0.260. The molecule has 0 unspecified atom stereocenters. The van der Waals surface area contributed by atoms with Gasteiger partial charge in [-0.25, -0.2) is 0 Å². The van der Waals surface area contributed by atoms with Crippen molar-refractivity contribution >= 4 is 6.29 Å². The molecule has 0 aliphatic heterocycles. The Morgan fingerprint density at radius 2 is 2.09 bits per heavy atom. The van der Waals surface area contributed by atoms with E-state index in [1.54, 1.807) is 0 Å². The number of carbonyl (C=O) groups excluding carboxylic acids is 1. The first-order chi connectivity index (χ1) is 5.24. The fraction of sp³-hybridized carbons (Fsp3) is 0. The Balaban J connectivity index is 3.44. The number of aldehydes is 1. The van der Waals surface area contributed by atoms with Gasteiger partial charge in [0.2, 0.25) is 5.43 Å². The normalized spacial score (nSPS) is 9.09. The van der Waals surface area contributed by atoms with Crippen LogP contribution in [0.25, 0.3) is 0 Å². The van der Waals surface area contributed by atoms with Crippen LogP contribution in [0.1, 0.15) is 10.4 Å². The smallest absolute Gasteiger partial charge is 0.220 e. The lowest BCUT2D eigenvalue weighted by atomic mass is 10.3. The van der Waals surface area contributed by atoms with Crippen molar-refractivity contribution in [3.63, 3.8) is 0 Å². The second-order valence-electron chi connectivity index (χ2n) is 2.04. The maximum absolute atomic E-state index is 10.8. The number of aromatic hydroxyl groups is 1. The maximum Gasteiger partial charge on any atom is 0.220 e. The average Bonchev–Trinajstić information content (AvgIpc) is 2.15. The van der Waals surface area contributed by atoms with Crippen LogP contribution < -0.4 is 5.43 Å². The van der Waals surface area contributed by atoms with Crippen LogP contribution in [0.15, 0.2) is 29.1 Å². The van der Waals surface area contributed by atoms with Gasteiger partial charge in [0.1, 0.15) is 6.29 Å². The zero-order valence-corrected chi connectivity index (χ0v) is 5.65.